The van der Waals surface area contributed by atoms with E-state index in [0.717, 1.165) is 43.2 Å². The zero-order valence-electron chi connectivity index (χ0n) is 20.5. The Morgan fingerprint density at radius 3 is 2.09 bits per heavy atom. The number of hydrogen-bond donors (Lipinski definition) is 0. The molecule has 35 heavy (non-hydrogen) atoms. The van der Waals surface area contributed by atoms with E-state index in [1.54, 1.807) is 25.2 Å². The fourth-order valence-corrected chi connectivity index (χ4v) is 4.83. The number of hydrogen-bond acceptors (Lipinski definition) is 5. The summed E-state index contributed by atoms with van der Waals surface area (Å²) in [5, 5.41) is 0. The molecule has 2 aromatic rings. The van der Waals surface area contributed by atoms with Gasteiger partial charge in [0.1, 0.15) is 11.5 Å². The van der Waals surface area contributed by atoms with E-state index in [2.05, 4.69) is 0 Å². The summed E-state index contributed by atoms with van der Waals surface area (Å²) in [5.74, 6) is 0.599. The van der Waals surface area contributed by atoms with Gasteiger partial charge < -0.3 is 19.1 Å². The number of amides is 1. The summed E-state index contributed by atoms with van der Waals surface area (Å²) in [7, 11) is 4.54. The molecule has 1 saturated carbocycles. The van der Waals surface area contributed by atoms with Crippen LogP contribution in [-0.2, 0) is 14.3 Å². The number of methoxy groups -OCH3 is 3. The summed E-state index contributed by atoms with van der Waals surface area (Å²) in [5.41, 5.74) is 2.70. The summed E-state index contributed by atoms with van der Waals surface area (Å²) < 4.78 is 16.1. The Labute approximate surface area is 206 Å². The maximum Gasteiger partial charge on any atom is 0.340 e. The van der Waals surface area contributed by atoms with Crippen LogP contribution in [0.3, 0.4) is 0 Å². The molecule has 0 aromatic heterocycles. The van der Waals surface area contributed by atoms with Gasteiger partial charge in [-0.05, 0) is 43.2 Å². The number of esters is 1. The maximum absolute atomic E-state index is 13.9. The molecule has 0 atom stereocenters. The van der Waals surface area contributed by atoms with Crippen molar-refractivity contribution in [1.82, 2.24) is 4.90 Å². The molecule has 0 saturated heterocycles. The first-order chi connectivity index (χ1) is 17.1. The molecule has 6 heteroatoms. The van der Waals surface area contributed by atoms with Crippen LogP contribution in [0, 0.1) is 0 Å². The molecule has 6 nitrogen and oxygen atoms in total. The van der Waals surface area contributed by atoms with Crippen LogP contribution in [0.4, 0.5) is 0 Å². The molecule has 0 bridgehead atoms. The van der Waals surface area contributed by atoms with Gasteiger partial charge in [0.05, 0.1) is 38.2 Å². The second kappa shape index (κ2) is 11.1. The highest BCUT2D eigenvalue weighted by Crippen LogP contribution is 2.39. The second-order valence-corrected chi connectivity index (χ2v) is 8.59. The van der Waals surface area contributed by atoms with Gasteiger partial charge in [0, 0.05) is 17.2 Å². The van der Waals surface area contributed by atoms with Gasteiger partial charge in [0.2, 0.25) is 0 Å². The van der Waals surface area contributed by atoms with E-state index < -0.39 is 5.97 Å². The van der Waals surface area contributed by atoms with Crippen molar-refractivity contribution in [2.45, 2.75) is 38.1 Å². The molecule has 1 heterocycles. The van der Waals surface area contributed by atoms with Crippen molar-refractivity contribution in [3.05, 3.63) is 82.6 Å². The second-order valence-electron chi connectivity index (χ2n) is 8.59. The summed E-state index contributed by atoms with van der Waals surface area (Å²) in [4.78, 5) is 28.8. The van der Waals surface area contributed by atoms with Crippen LogP contribution in [0.2, 0.25) is 0 Å². The Balaban J connectivity index is 1.89. The Morgan fingerprint density at radius 2 is 1.46 bits per heavy atom. The van der Waals surface area contributed by atoms with Crippen molar-refractivity contribution in [2.75, 3.05) is 21.3 Å². The van der Waals surface area contributed by atoms with Gasteiger partial charge in [-0.15, -0.1) is 0 Å². The van der Waals surface area contributed by atoms with Crippen LogP contribution < -0.4 is 9.47 Å². The molecule has 182 valence electrons. The fraction of sp³-hybridized carbons (Fsp3) is 0.310. The smallest absolute Gasteiger partial charge is 0.340 e. The van der Waals surface area contributed by atoms with Crippen molar-refractivity contribution in [2.24, 2.45) is 0 Å². The molecule has 2 aliphatic rings. The predicted molar refractivity (Wildman–Crippen MR) is 136 cm³/mol. The first-order valence-electron chi connectivity index (χ1n) is 11.9. The van der Waals surface area contributed by atoms with E-state index in [0.29, 0.717) is 22.8 Å². The normalized spacial score (nSPS) is 18.0. The molecule has 1 fully saturated rings. The van der Waals surface area contributed by atoms with E-state index in [1.165, 1.54) is 7.11 Å². The molecular weight excluding hydrogens is 442 g/mol. The minimum Gasteiger partial charge on any atom is -0.496 e. The maximum atomic E-state index is 13.9. The van der Waals surface area contributed by atoms with Crippen LogP contribution in [0.25, 0.3) is 12.2 Å². The first-order valence-corrected chi connectivity index (χ1v) is 11.9. The van der Waals surface area contributed by atoms with Crippen molar-refractivity contribution in [3.8, 4) is 11.5 Å². The zero-order valence-corrected chi connectivity index (χ0v) is 20.5. The summed E-state index contributed by atoms with van der Waals surface area (Å²) in [6, 6.07) is 15.1. The summed E-state index contributed by atoms with van der Waals surface area (Å²) in [6.45, 7) is 0. The summed E-state index contributed by atoms with van der Waals surface area (Å²) >= 11 is 0. The lowest BCUT2D eigenvalue weighted by Gasteiger charge is -2.32. The standard InChI is InChI=1S/C29H31NO5/c1-33-25-15-9-7-11-20(25)17-18-24-27(29(32)35-3)23(19-21-12-8-10-16-26(21)34-2)28(31)30(24)22-13-5-4-6-14-22/h7-12,15-19,22H,4-6,13-14H2,1-3H3. The van der Waals surface area contributed by atoms with Crippen LogP contribution in [0.1, 0.15) is 43.2 Å². The minimum absolute atomic E-state index is 0.0248. The Morgan fingerprint density at radius 1 is 0.857 bits per heavy atom. The van der Waals surface area contributed by atoms with Crippen LogP contribution >= 0.6 is 0 Å². The third-order valence-corrected chi connectivity index (χ3v) is 6.56. The van der Waals surface area contributed by atoms with Crippen LogP contribution in [0.5, 0.6) is 11.5 Å². The highest BCUT2D eigenvalue weighted by molar-refractivity contribution is 6.17. The Bertz CT molecular complexity index is 1190. The lowest BCUT2D eigenvalue weighted by molar-refractivity contribution is -0.136. The molecule has 1 amide bonds. The number of para-hydroxylation sites is 2. The quantitative estimate of drug-likeness (QED) is 0.398. The molecule has 1 aliphatic carbocycles. The largest absolute Gasteiger partial charge is 0.496 e. The number of rotatable bonds is 7. The topological polar surface area (TPSA) is 65.1 Å². The van der Waals surface area contributed by atoms with Gasteiger partial charge in [0.15, 0.2) is 0 Å². The van der Waals surface area contributed by atoms with Gasteiger partial charge in [-0.2, -0.15) is 0 Å². The zero-order chi connectivity index (χ0) is 24.8. The van der Waals surface area contributed by atoms with Gasteiger partial charge in [-0.1, -0.05) is 55.7 Å². The van der Waals surface area contributed by atoms with E-state index in [-0.39, 0.29) is 17.5 Å². The molecule has 4 rings (SSSR count). The van der Waals surface area contributed by atoms with Crippen LogP contribution in [-0.4, -0.2) is 44.1 Å². The summed E-state index contributed by atoms with van der Waals surface area (Å²) in [6.07, 6.45) is 10.5. The van der Waals surface area contributed by atoms with Crippen LogP contribution in [0.15, 0.2) is 71.5 Å². The average molecular weight is 474 g/mol. The number of ether oxygens (including phenoxy) is 3. The van der Waals surface area contributed by atoms with Crippen molar-refractivity contribution in [3.63, 3.8) is 0 Å². The molecule has 0 radical (unpaired) electrons. The van der Waals surface area contributed by atoms with E-state index in [9.17, 15) is 9.59 Å². The van der Waals surface area contributed by atoms with Gasteiger partial charge in [-0.3, -0.25) is 4.79 Å². The number of carbonyl (C=O) groups is 2. The third-order valence-electron chi connectivity index (χ3n) is 6.56. The minimum atomic E-state index is -0.544. The van der Waals surface area contributed by atoms with E-state index in [1.807, 2.05) is 60.7 Å². The highest BCUT2D eigenvalue weighted by atomic mass is 16.5. The van der Waals surface area contributed by atoms with Gasteiger partial charge >= 0.3 is 5.97 Å². The Hall–Kier alpha value is -3.80. The van der Waals surface area contributed by atoms with Crippen molar-refractivity contribution in [1.29, 1.82) is 0 Å². The number of carbonyl (C=O) groups excluding carboxylic acids is 2. The molecule has 1 aliphatic heterocycles. The lowest BCUT2D eigenvalue weighted by Crippen LogP contribution is -2.37. The fourth-order valence-electron chi connectivity index (χ4n) is 4.83. The molecule has 0 spiro atoms. The molecule has 0 N–H and O–H groups in total. The lowest BCUT2D eigenvalue weighted by atomic mass is 9.94. The third kappa shape index (κ3) is 5.02. The number of nitrogens with zero attached hydrogens (tertiary/aromatic N) is 1. The van der Waals surface area contributed by atoms with Gasteiger partial charge in [0.25, 0.3) is 5.91 Å². The molecular formula is C29H31NO5. The first kappa shape index (κ1) is 24.3. The molecule has 2 aromatic carbocycles. The average Bonchev–Trinajstić information content (AvgIpc) is 3.18. The number of allylic oxidation sites excluding steroid dienone is 1. The van der Waals surface area contributed by atoms with E-state index >= 15 is 0 Å². The molecule has 0 unspecified atom stereocenters. The van der Waals surface area contributed by atoms with Crippen molar-refractivity contribution < 1.29 is 23.8 Å². The van der Waals surface area contributed by atoms with E-state index in [4.69, 9.17) is 14.2 Å². The Kier molecular flexibility index (Phi) is 7.70. The van der Waals surface area contributed by atoms with Gasteiger partial charge in [-0.25, -0.2) is 4.79 Å². The predicted octanol–water partition coefficient (Wildman–Crippen LogP) is 5.40. The number of benzene rings is 2. The van der Waals surface area contributed by atoms with Crippen molar-refractivity contribution >= 4 is 24.0 Å². The highest BCUT2D eigenvalue weighted by Gasteiger charge is 2.41. The monoisotopic (exact) mass is 473 g/mol. The SMILES string of the molecule is COC(=O)C1=C(C=Cc2ccccc2OC)N(C2CCCCC2)C(=O)C1=Cc1ccccc1OC.